The van der Waals surface area contributed by atoms with Gasteiger partial charge in [-0.2, -0.15) is 5.10 Å². The van der Waals surface area contributed by atoms with E-state index in [0.29, 0.717) is 5.92 Å². The Morgan fingerprint density at radius 1 is 1.24 bits per heavy atom. The minimum absolute atomic E-state index is 0.701. The summed E-state index contributed by atoms with van der Waals surface area (Å²) in [7, 11) is 0. The zero-order chi connectivity index (χ0) is 17.1. The number of hydrogen-bond donors (Lipinski definition) is 1. The molecule has 2 aliphatic rings. The van der Waals surface area contributed by atoms with Crippen LogP contribution in [0.4, 0.5) is 5.82 Å². The van der Waals surface area contributed by atoms with Crippen LogP contribution in [-0.4, -0.2) is 57.5 Å². The number of nitrogens with one attached hydrogen (secondary N) is 1. The van der Waals surface area contributed by atoms with Crippen molar-refractivity contribution in [3.8, 4) is 0 Å². The summed E-state index contributed by atoms with van der Waals surface area (Å²) < 4.78 is 7.87. The van der Waals surface area contributed by atoms with E-state index in [4.69, 9.17) is 4.74 Å². The Kier molecular flexibility index (Phi) is 4.94. The van der Waals surface area contributed by atoms with E-state index < -0.39 is 0 Å². The lowest BCUT2D eigenvalue weighted by Gasteiger charge is -2.22. The highest BCUT2D eigenvalue weighted by molar-refractivity contribution is 5.33. The Labute approximate surface area is 148 Å². The van der Waals surface area contributed by atoms with Crippen LogP contribution in [0.15, 0.2) is 18.3 Å². The van der Waals surface area contributed by atoms with Crippen molar-refractivity contribution in [3.63, 3.8) is 0 Å². The Bertz CT molecular complexity index is 692. The molecule has 4 rings (SSSR count). The number of imidazole rings is 1. The number of ether oxygens (including phenoxy) is 1. The van der Waals surface area contributed by atoms with E-state index >= 15 is 0 Å². The molecular formula is C18H26N6O. The van der Waals surface area contributed by atoms with Crippen molar-refractivity contribution in [1.82, 2.24) is 24.6 Å². The Morgan fingerprint density at radius 3 is 3.00 bits per heavy atom. The van der Waals surface area contributed by atoms with Crippen LogP contribution in [0.1, 0.15) is 23.6 Å². The first kappa shape index (κ1) is 16.5. The fourth-order valence-corrected chi connectivity index (χ4v) is 3.63. The topological polar surface area (TPSA) is 68.1 Å². The van der Waals surface area contributed by atoms with Crippen LogP contribution in [0.5, 0.6) is 0 Å². The summed E-state index contributed by atoms with van der Waals surface area (Å²) in [5.74, 6) is 2.70. The normalized spacial score (nSPS) is 21.1. The Morgan fingerprint density at radius 2 is 2.20 bits per heavy atom. The number of aromatic nitrogens is 4. The fourth-order valence-electron chi connectivity index (χ4n) is 3.63. The lowest BCUT2D eigenvalue weighted by molar-refractivity contribution is 0.167. The van der Waals surface area contributed by atoms with Crippen molar-refractivity contribution < 1.29 is 4.74 Å². The number of aryl methyl sites for hydroxylation is 1. The molecule has 7 nitrogen and oxygen atoms in total. The third-order valence-electron chi connectivity index (χ3n) is 5.10. The predicted molar refractivity (Wildman–Crippen MR) is 95.4 cm³/mol. The second-order valence-electron chi connectivity index (χ2n) is 7.01. The van der Waals surface area contributed by atoms with Crippen LogP contribution in [0, 0.1) is 12.8 Å². The molecule has 0 radical (unpaired) electrons. The third-order valence-corrected chi connectivity index (χ3v) is 5.10. The minimum atomic E-state index is 0.701. The number of fused-ring (bicyclic) bond motifs is 1. The average Bonchev–Trinajstić information content (AvgIpc) is 3.22. The van der Waals surface area contributed by atoms with Gasteiger partial charge in [-0.05, 0) is 31.4 Å². The van der Waals surface area contributed by atoms with E-state index in [1.54, 1.807) is 0 Å². The van der Waals surface area contributed by atoms with Gasteiger partial charge in [0.1, 0.15) is 11.6 Å². The van der Waals surface area contributed by atoms with Crippen LogP contribution in [0.25, 0.3) is 0 Å². The molecular weight excluding hydrogens is 316 g/mol. The molecule has 4 heterocycles. The SMILES string of the molecule is Cc1ccc(NCc2cnc3n2CCN(C[C@@H]2CCOC2)CC3)nn1. The van der Waals surface area contributed by atoms with E-state index in [9.17, 15) is 0 Å². The molecule has 0 unspecified atom stereocenters. The lowest BCUT2D eigenvalue weighted by atomic mass is 10.1. The molecule has 0 bridgehead atoms. The van der Waals surface area contributed by atoms with Gasteiger partial charge >= 0.3 is 0 Å². The number of anilines is 1. The van der Waals surface area contributed by atoms with E-state index in [-0.39, 0.29) is 0 Å². The summed E-state index contributed by atoms with van der Waals surface area (Å²) in [5, 5.41) is 11.6. The summed E-state index contributed by atoms with van der Waals surface area (Å²) in [6, 6.07) is 3.93. The van der Waals surface area contributed by atoms with E-state index in [1.807, 2.05) is 25.3 Å². The molecule has 0 saturated carbocycles. The number of hydrogen-bond acceptors (Lipinski definition) is 6. The maximum atomic E-state index is 5.51. The standard InChI is InChI=1S/C18H26N6O/c1-14-2-3-17(22-21-14)19-10-16-11-20-18-4-6-23(7-8-24(16)18)12-15-5-9-25-13-15/h2-3,11,15H,4-10,12-13H2,1H3,(H,19,22)/t15-/m0/s1. The first-order chi connectivity index (χ1) is 12.3. The molecule has 1 N–H and O–H groups in total. The van der Waals surface area contributed by atoms with Gasteiger partial charge in [-0.1, -0.05) is 0 Å². The van der Waals surface area contributed by atoms with Gasteiger partial charge in [-0.25, -0.2) is 4.98 Å². The van der Waals surface area contributed by atoms with Crippen molar-refractivity contribution in [2.24, 2.45) is 5.92 Å². The molecule has 0 aliphatic carbocycles. The summed E-state index contributed by atoms with van der Waals surface area (Å²) in [4.78, 5) is 7.21. The van der Waals surface area contributed by atoms with E-state index in [2.05, 4.69) is 30.0 Å². The molecule has 1 saturated heterocycles. The van der Waals surface area contributed by atoms with E-state index in [0.717, 1.165) is 63.9 Å². The summed E-state index contributed by atoms with van der Waals surface area (Å²) in [5.41, 5.74) is 2.14. The largest absolute Gasteiger partial charge is 0.381 e. The highest BCUT2D eigenvalue weighted by Crippen LogP contribution is 2.17. The molecule has 0 aromatic carbocycles. The first-order valence-electron chi connectivity index (χ1n) is 9.15. The van der Waals surface area contributed by atoms with Gasteiger partial charge in [0, 0.05) is 39.2 Å². The zero-order valence-corrected chi connectivity index (χ0v) is 14.8. The maximum Gasteiger partial charge on any atom is 0.148 e. The molecule has 25 heavy (non-hydrogen) atoms. The van der Waals surface area contributed by atoms with Crippen molar-refractivity contribution in [1.29, 1.82) is 0 Å². The van der Waals surface area contributed by atoms with E-state index in [1.165, 1.54) is 17.9 Å². The summed E-state index contributed by atoms with van der Waals surface area (Å²) in [6.45, 7) is 8.84. The molecule has 0 amide bonds. The molecule has 7 heteroatoms. The Balaban J connectivity index is 1.36. The van der Waals surface area contributed by atoms with Gasteiger partial charge in [0.25, 0.3) is 0 Å². The van der Waals surface area contributed by atoms with Crippen molar-refractivity contribution in [2.45, 2.75) is 32.9 Å². The molecule has 2 aromatic heterocycles. The van der Waals surface area contributed by atoms with Crippen molar-refractivity contribution in [3.05, 3.63) is 35.5 Å². The monoisotopic (exact) mass is 342 g/mol. The van der Waals surface area contributed by atoms with Crippen molar-refractivity contribution in [2.75, 3.05) is 38.2 Å². The molecule has 2 aliphatic heterocycles. The maximum absolute atomic E-state index is 5.51. The second-order valence-corrected chi connectivity index (χ2v) is 7.01. The minimum Gasteiger partial charge on any atom is -0.381 e. The van der Waals surface area contributed by atoms with Crippen LogP contribution in [0.3, 0.4) is 0 Å². The fraction of sp³-hybridized carbons (Fsp3) is 0.611. The summed E-state index contributed by atoms with van der Waals surface area (Å²) >= 11 is 0. The molecule has 2 aromatic rings. The van der Waals surface area contributed by atoms with Gasteiger partial charge in [-0.3, -0.25) is 0 Å². The number of nitrogens with zero attached hydrogens (tertiary/aromatic N) is 5. The summed E-state index contributed by atoms with van der Waals surface area (Å²) in [6.07, 6.45) is 4.20. The van der Waals surface area contributed by atoms with Gasteiger partial charge < -0.3 is 19.5 Å². The molecule has 1 fully saturated rings. The van der Waals surface area contributed by atoms with Gasteiger partial charge in [0.15, 0.2) is 0 Å². The van der Waals surface area contributed by atoms with Crippen LogP contribution >= 0.6 is 0 Å². The molecule has 1 atom stereocenters. The highest BCUT2D eigenvalue weighted by atomic mass is 16.5. The van der Waals surface area contributed by atoms with Gasteiger partial charge in [-0.15, -0.1) is 5.10 Å². The smallest absolute Gasteiger partial charge is 0.148 e. The Hall–Kier alpha value is -1.99. The second kappa shape index (κ2) is 7.49. The van der Waals surface area contributed by atoms with Crippen LogP contribution < -0.4 is 5.32 Å². The highest BCUT2D eigenvalue weighted by Gasteiger charge is 2.22. The predicted octanol–water partition coefficient (Wildman–Crippen LogP) is 1.49. The molecule has 0 spiro atoms. The molecule has 134 valence electrons. The van der Waals surface area contributed by atoms with Gasteiger partial charge in [0.2, 0.25) is 0 Å². The quantitative estimate of drug-likeness (QED) is 0.888. The number of rotatable bonds is 5. The lowest BCUT2D eigenvalue weighted by Crippen LogP contribution is -2.32. The average molecular weight is 342 g/mol. The third kappa shape index (κ3) is 3.99. The zero-order valence-electron chi connectivity index (χ0n) is 14.8. The van der Waals surface area contributed by atoms with Gasteiger partial charge in [0.05, 0.1) is 30.7 Å². The van der Waals surface area contributed by atoms with Crippen LogP contribution in [-0.2, 0) is 24.2 Å². The van der Waals surface area contributed by atoms with Crippen molar-refractivity contribution >= 4 is 5.82 Å². The van der Waals surface area contributed by atoms with Crippen LogP contribution in [0.2, 0.25) is 0 Å². The first-order valence-corrected chi connectivity index (χ1v) is 9.15.